The van der Waals surface area contributed by atoms with Crippen LogP contribution < -0.4 is 0 Å². The maximum Gasteiger partial charge on any atom is 0.334 e. The fraction of sp³-hybridized carbons (Fsp3) is 0.417. The maximum absolute atomic E-state index is 11.7. The third-order valence-electron chi connectivity index (χ3n) is 3.50. The first-order valence-electron chi connectivity index (χ1n) is 9.60. The number of hydrogen-bond acceptors (Lipinski definition) is 3. The van der Waals surface area contributed by atoms with Crippen LogP contribution in [0.5, 0.6) is 0 Å². The molecule has 0 atom stereocenters. The van der Waals surface area contributed by atoms with Gasteiger partial charge in [0.15, 0.2) is 0 Å². The zero-order chi connectivity index (χ0) is 21.6. The number of ether oxygens (including phenoxy) is 1. The summed E-state index contributed by atoms with van der Waals surface area (Å²) in [5.41, 5.74) is 1.70. The second kappa shape index (κ2) is 13.5. The molecular formula is C24H34O4. The SMILES string of the molecule is CC(=CC=Cc1ccccc1)C(=O)OC(C)(C)C.CCCCC=C(C)C(=O)O. The van der Waals surface area contributed by atoms with E-state index < -0.39 is 11.6 Å². The van der Waals surface area contributed by atoms with E-state index in [4.69, 9.17) is 9.84 Å². The Morgan fingerprint density at radius 2 is 1.68 bits per heavy atom. The molecule has 4 nitrogen and oxygen atoms in total. The van der Waals surface area contributed by atoms with Crippen LogP contribution in [0.25, 0.3) is 6.08 Å². The van der Waals surface area contributed by atoms with Crippen molar-refractivity contribution in [3.63, 3.8) is 0 Å². The summed E-state index contributed by atoms with van der Waals surface area (Å²) in [5.74, 6) is -1.09. The molecule has 0 aliphatic carbocycles. The van der Waals surface area contributed by atoms with Gasteiger partial charge in [-0.2, -0.15) is 0 Å². The molecule has 0 amide bonds. The van der Waals surface area contributed by atoms with Crippen molar-refractivity contribution in [3.05, 3.63) is 65.3 Å². The largest absolute Gasteiger partial charge is 0.478 e. The number of aliphatic carboxylic acids is 1. The van der Waals surface area contributed by atoms with Crippen LogP contribution in [0.3, 0.4) is 0 Å². The zero-order valence-electron chi connectivity index (χ0n) is 18.0. The predicted molar refractivity (Wildman–Crippen MR) is 116 cm³/mol. The van der Waals surface area contributed by atoms with Crippen molar-refractivity contribution >= 4 is 18.0 Å². The number of rotatable bonds is 7. The number of carbonyl (C=O) groups excluding carboxylic acids is 1. The van der Waals surface area contributed by atoms with E-state index in [1.807, 2.05) is 63.3 Å². The van der Waals surface area contributed by atoms with E-state index in [0.29, 0.717) is 11.1 Å². The normalized spacial score (nSPS) is 12.4. The van der Waals surface area contributed by atoms with Crippen LogP contribution in [0.4, 0.5) is 0 Å². The van der Waals surface area contributed by atoms with E-state index in [9.17, 15) is 9.59 Å². The van der Waals surface area contributed by atoms with Crippen LogP contribution in [0.2, 0.25) is 0 Å². The first-order chi connectivity index (χ1) is 13.1. The molecule has 0 unspecified atom stereocenters. The number of hydrogen-bond donors (Lipinski definition) is 1. The van der Waals surface area contributed by atoms with Crippen LogP contribution in [-0.2, 0) is 14.3 Å². The van der Waals surface area contributed by atoms with Gasteiger partial charge in [-0.05, 0) is 46.6 Å². The highest BCUT2D eigenvalue weighted by Crippen LogP contribution is 2.11. The Kier molecular flexibility index (Phi) is 12.3. The molecule has 1 rings (SSSR count). The van der Waals surface area contributed by atoms with E-state index in [-0.39, 0.29) is 5.97 Å². The molecule has 0 fully saturated rings. The van der Waals surface area contributed by atoms with Crippen molar-refractivity contribution in [3.8, 4) is 0 Å². The summed E-state index contributed by atoms with van der Waals surface area (Å²) >= 11 is 0. The molecule has 0 heterocycles. The van der Waals surface area contributed by atoms with Crippen LogP contribution in [-0.4, -0.2) is 22.6 Å². The second-order valence-electron chi connectivity index (χ2n) is 7.46. The van der Waals surface area contributed by atoms with Crippen LogP contribution >= 0.6 is 0 Å². The minimum atomic E-state index is -0.809. The first kappa shape index (κ1) is 25.4. The second-order valence-corrected chi connectivity index (χ2v) is 7.46. The summed E-state index contributed by atoms with van der Waals surface area (Å²) in [6.45, 7) is 11.0. The van der Waals surface area contributed by atoms with Gasteiger partial charge in [-0.15, -0.1) is 0 Å². The molecule has 0 saturated heterocycles. The number of allylic oxidation sites excluding steroid dienone is 3. The van der Waals surface area contributed by atoms with Gasteiger partial charge in [0, 0.05) is 11.1 Å². The van der Waals surface area contributed by atoms with Gasteiger partial charge in [-0.3, -0.25) is 0 Å². The lowest BCUT2D eigenvalue weighted by molar-refractivity contribution is -0.149. The molecule has 1 aromatic rings. The molecule has 28 heavy (non-hydrogen) atoms. The molecular weight excluding hydrogens is 352 g/mol. The van der Waals surface area contributed by atoms with Crippen molar-refractivity contribution in [1.82, 2.24) is 0 Å². The molecule has 0 aromatic heterocycles. The van der Waals surface area contributed by atoms with Crippen molar-refractivity contribution in [2.75, 3.05) is 0 Å². The van der Waals surface area contributed by atoms with E-state index in [1.165, 1.54) is 0 Å². The summed E-state index contributed by atoms with van der Waals surface area (Å²) in [5, 5.41) is 8.41. The Morgan fingerprint density at radius 1 is 1.07 bits per heavy atom. The molecule has 0 aliphatic rings. The summed E-state index contributed by atoms with van der Waals surface area (Å²) in [7, 11) is 0. The Morgan fingerprint density at radius 3 is 2.18 bits per heavy atom. The zero-order valence-corrected chi connectivity index (χ0v) is 18.0. The van der Waals surface area contributed by atoms with E-state index in [1.54, 1.807) is 26.0 Å². The van der Waals surface area contributed by atoms with Gasteiger partial charge in [-0.1, -0.05) is 74.4 Å². The van der Waals surface area contributed by atoms with Crippen molar-refractivity contribution < 1.29 is 19.4 Å². The summed E-state index contributed by atoms with van der Waals surface area (Å²) in [4.78, 5) is 21.9. The minimum Gasteiger partial charge on any atom is -0.478 e. The van der Waals surface area contributed by atoms with Gasteiger partial charge in [0.25, 0.3) is 0 Å². The lowest BCUT2D eigenvalue weighted by Crippen LogP contribution is -2.24. The van der Waals surface area contributed by atoms with Crippen molar-refractivity contribution in [2.24, 2.45) is 0 Å². The topological polar surface area (TPSA) is 63.6 Å². The quantitative estimate of drug-likeness (QED) is 0.262. The number of unbranched alkanes of at least 4 members (excludes halogenated alkanes) is 2. The number of esters is 1. The van der Waals surface area contributed by atoms with Gasteiger partial charge in [0.05, 0.1) is 0 Å². The molecule has 1 aromatic carbocycles. The van der Waals surface area contributed by atoms with Crippen LogP contribution in [0.1, 0.15) is 66.4 Å². The third kappa shape index (κ3) is 13.6. The number of carboxylic acids is 1. The Hall–Kier alpha value is -2.62. The van der Waals surface area contributed by atoms with Gasteiger partial charge < -0.3 is 9.84 Å². The first-order valence-corrected chi connectivity index (χ1v) is 9.60. The predicted octanol–water partition coefficient (Wildman–Crippen LogP) is 6.20. The standard InChI is InChI=1S/C16H20O2.C8H14O2/c1-13(15(17)18-16(2,3)4)9-8-12-14-10-6-5-7-11-14;1-3-4-5-6-7(2)8(9)10/h5-12H,1-4H3;6H,3-5H2,1-2H3,(H,9,10). The monoisotopic (exact) mass is 386 g/mol. The highest BCUT2D eigenvalue weighted by Gasteiger charge is 2.16. The van der Waals surface area contributed by atoms with E-state index >= 15 is 0 Å². The Bertz CT molecular complexity index is 689. The summed E-state index contributed by atoms with van der Waals surface area (Å²) < 4.78 is 5.26. The smallest absolute Gasteiger partial charge is 0.334 e. The molecule has 0 spiro atoms. The van der Waals surface area contributed by atoms with Crippen LogP contribution in [0.15, 0.2) is 59.7 Å². The molecule has 4 heteroatoms. The molecule has 154 valence electrons. The Labute approximate surface area is 169 Å². The maximum atomic E-state index is 11.7. The van der Waals surface area contributed by atoms with E-state index in [2.05, 4.69) is 6.92 Å². The van der Waals surface area contributed by atoms with Crippen LogP contribution in [0, 0.1) is 0 Å². The highest BCUT2D eigenvalue weighted by molar-refractivity contribution is 5.88. The fourth-order valence-corrected chi connectivity index (χ4v) is 1.90. The average Bonchev–Trinajstić information content (AvgIpc) is 2.61. The average molecular weight is 387 g/mol. The number of benzene rings is 1. The minimum absolute atomic E-state index is 0.278. The number of carbonyl (C=O) groups is 2. The summed E-state index contributed by atoms with van der Waals surface area (Å²) in [6.07, 6.45) is 10.4. The van der Waals surface area contributed by atoms with Crippen molar-refractivity contribution in [1.29, 1.82) is 0 Å². The Balaban J connectivity index is 0.000000621. The van der Waals surface area contributed by atoms with Gasteiger partial charge in [0.2, 0.25) is 0 Å². The molecule has 0 saturated carbocycles. The molecule has 0 radical (unpaired) electrons. The summed E-state index contributed by atoms with van der Waals surface area (Å²) in [6, 6.07) is 9.94. The van der Waals surface area contributed by atoms with Crippen molar-refractivity contribution in [2.45, 2.75) is 66.4 Å². The lowest BCUT2D eigenvalue weighted by atomic mass is 10.1. The molecule has 0 aliphatic heterocycles. The van der Waals surface area contributed by atoms with Gasteiger partial charge in [0.1, 0.15) is 5.60 Å². The molecule has 0 bridgehead atoms. The molecule has 1 N–H and O–H groups in total. The van der Waals surface area contributed by atoms with E-state index in [0.717, 1.165) is 24.8 Å². The highest BCUT2D eigenvalue weighted by atomic mass is 16.6. The van der Waals surface area contributed by atoms with Gasteiger partial charge >= 0.3 is 11.9 Å². The lowest BCUT2D eigenvalue weighted by Gasteiger charge is -2.19. The van der Waals surface area contributed by atoms with Gasteiger partial charge in [-0.25, -0.2) is 9.59 Å². The fourth-order valence-electron chi connectivity index (χ4n) is 1.90. The third-order valence-corrected chi connectivity index (χ3v) is 3.50. The number of carboxylic acid groups (broad SMARTS) is 1.